The Kier molecular flexibility index (Phi) is 4.90. The zero-order chi connectivity index (χ0) is 13.0. The average molecular weight is 355 g/mol. The third-order valence-electron chi connectivity index (χ3n) is 3.43. The molecule has 1 aromatic heterocycles. The number of pyridine rings is 1. The summed E-state index contributed by atoms with van der Waals surface area (Å²) in [5.41, 5.74) is 0. The van der Waals surface area contributed by atoms with Gasteiger partial charge in [0.1, 0.15) is 0 Å². The van der Waals surface area contributed by atoms with Crippen LogP contribution in [0.4, 0.5) is 5.82 Å². The molecule has 1 aliphatic rings. The van der Waals surface area contributed by atoms with Crippen LogP contribution in [0.3, 0.4) is 0 Å². The first kappa shape index (κ1) is 14.1. The molecule has 0 unspecified atom stereocenters. The molecule has 0 aromatic carbocycles. The van der Waals surface area contributed by atoms with E-state index in [9.17, 15) is 0 Å². The summed E-state index contributed by atoms with van der Waals surface area (Å²) in [6.07, 6.45) is 2.34. The second-order valence-corrected chi connectivity index (χ2v) is 20.4. The fraction of sp³-hybridized carbons (Fsp3) is 0.643. The second-order valence-electron chi connectivity index (χ2n) is 6.09. The molecule has 100 valence electrons. The standard InChI is InChI=1S/C11H15N2O.3CH3.Sn/c1-2-6-12-11(3-1)13-9-10-4-7-14-8-5-10;;;;/h1-3,10H,4-5,7-9H2,(H,12,13);3*1H3;. The van der Waals surface area contributed by atoms with Gasteiger partial charge in [-0.25, -0.2) is 0 Å². The molecule has 1 saturated heterocycles. The topological polar surface area (TPSA) is 34.1 Å². The molecule has 3 nitrogen and oxygen atoms in total. The number of ether oxygens (including phenoxy) is 1. The van der Waals surface area contributed by atoms with Gasteiger partial charge in [0.15, 0.2) is 0 Å². The van der Waals surface area contributed by atoms with E-state index < -0.39 is 18.4 Å². The molecule has 1 N–H and O–H groups in total. The van der Waals surface area contributed by atoms with Crippen molar-refractivity contribution in [2.24, 2.45) is 5.92 Å². The average Bonchev–Trinajstić information content (AvgIpc) is 2.37. The molecular weight excluding hydrogens is 331 g/mol. The van der Waals surface area contributed by atoms with Crippen LogP contribution in [0, 0.1) is 5.92 Å². The molecule has 1 aliphatic heterocycles. The first-order valence-corrected chi connectivity index (χ1v) is 16.8. The predicted molar refractivity (Wildman–Crippen MR) is 79.2 cm³/mol. The van der Waals surface area contributed by atoms with Crippen LogP contribution in [0.1, 0.15) is 12.8 Å². The molecule has 0 spiro atoms. The van der Waals surface area contributed by atoms with Gasteiger partial charge in [0.2, 0.25) is 0 Å². The Morgan fingerprint density at radius 1 is 1.28 bits per heavy atom. The fourth-order valence-corrected chi connectivity index (χ4v) is 5.15. The summed E-state index contributed by atoms with van der Waals surface area (Å²) in [5.74, 6) is 1.79. The normalized spacial score (nSPS) is 17.7. The molecule has 1 aromatic rings. The Labute approximate surface area is 114 Å². The van der Waals surface area contributed by atoms with Gasteiger partial charge in [-0.2, -0.15) is 0 Å². The van der Waals surface area contributed by atoms with Gasteiger partial charge >= 0.3 is 114 Å². The number of nitrogens with zero attached hydrogens (tertiary/aromatic N) is 1. The van der Waals surface area contributed by atoms with E-state index in [1.807, 2.05) is 0 Å². The van der Waals surface area contributed by atoms with Gasteiger partial charge in [0.25, 0.3) is 0 Å². The van der Waals surface area contributed by atoms with E-state index in [-0.39, 0.29) is 0 Å². The van der Waals surface area contributed by atoms with E-state index in [0.29, 0.717) is 0 Å². The van der Waals surface area contributed by atoms with Gasteiger partial charge in [0, 0.05) is 0 Å². The molecule has 0 amide bonds. The summed E-state index contributed by atoms with van der Waals surface area (Å²) in [4.78, 5) is 12.0. The van der Waals surface area contributed by atoms with E-state index in [1.165, 1.54) is 16.6 Å². The number of hydrogen-bond acceptors (Lipinski definition) is 3. The van der Waals surface area contributed by atoms with Crippen molar-refractivity contribution >= 4 is 27.9 Å². The molecule has 0 aliphatic carbocycles. The summed E-state index contributed by atoms with van der Waals surface area (Å²) in [6.45, 7) is 2.86. The van der Waals surface area contributed by atoms with Crippen molar-refractivity contribution in [2.45, 2.75) is 27.7 Å². The van der Waals surface area contributed by atoms with E-state index in [2.05, 4.69) is 38.3 Å². The fourth-order valence-electron chi connectivity index (χ4n) is 2.15. The van der Waals surface area contributed by atoms with Gasteiger partial charge in [-0.1, -0.05) is 0 Å². The van der Waals surface area contributed by atoms with E-state index in [4.69, 9.17) is 9.72 Å². The van der Waals surface area contributed by atoms with Gasteiger partial charge in [-0.05, 0) is 0 Å². The van der Waals surface area contributed by atoms with Crippen LogP contribution in [0.2, 0.25) is 14.8 Å². The van der Waals surface area contributed by atoms with Crippen LogP contribution in [0.15, 0.2) is 18.2 Å². The Bertz CT molecular complexity index is 384. The Morgan fingerprint density at radius 3 is 2.67 bits per heavy atom. The number of aromatic nitrogens is 1. The molecule has 2 heterocycles. The summed E-state index contributed by atoms with van der Waals surface area (Å²) < 4.78 is 6.73. The summed E-state index contributed by atoms with van der Waals surface area (Å²) in [7, 11) is 0. The molecule has 0 bridgehead atoms. The molecule has 0 atom stereocenters. The van der Waals surface area contributed by atoms with Crippen LogP contribution in [0.25, 0.3) is 0 Å². The first-order chi connectivity index (χ1) is 8.55. The third-order valence-corrected chi connectivity index (χ3v) is 8.61. The van der Waals surface area contributed by atoms with Crippen molar-refractivity contribution in [1.82, 2.24) is 4.98 Å². The van der Waals surface area contributed by atoms with E-state index in [1.54, 1.807) is 0 Å². The van der Waals surface area contributed by atoms with Crippen LogP contribution < -0.4 is 9.03 Å². The molecule has 1 fully saturated rings. The van der Waals surface area contributed by atoms with E-state index >= 15 is 0 Å². The molecule has 4 heteroatoms. The summed E-state index contributed by atoms with van der Waals surface area (Å²) >= 11 is -2.03. The number of rotatable bonds is 4. The SMILES string of the molecule is [CH3][Sn]([CH3])([CH3])[c]1cccc(NCC2CCOCC2)n1. The Balaban J connectivity index is 1.92. The summed E-state index contributed by atoms with van der Waals surface area (Å²) in [6, 6.07) is 6.41. The van der Waals surface area contributed by atoms with Crippen molar-refractivity contribution < 1.29 is 4.74 Å². The maximum absolute atomic E-state index is 5.38. The number of anilines is 1. The summed E-state index contributed by atoms with van der Waals surface area (Å²) in [5, 5.41) is 3.49. The van der Waals surface area contributed by atoms with E-state index in [0.717, 1.165) is 31.5 Å². The Morgan fingerprint density at radius 2 is 2.00 bits per heavy atom. The minimum atomic E-state index is -2.03. The predicted octanol–water partition coefficient (Wildman–Crippen LogP) is 2.47. The number of hydrogen-bond donors (Lipinski definition) is 1. The molecule has 0 radical (unpaired) electrons. The van der Waals surface area contributed by atoms with Crippen molar-refractivity contribution in [3.63, 3.8) is 0 Å². The molecule has 18 heavy (non-hydrogen) atoms. The second kappa shape index (κ2) is 6.24. The molecule has 0 saturated carbocycles. The first-order valence-electron chi connectivity index (χ1n) is 6.85. The minimum absolute atomic E-state index is 0.738. The van der Waals surface area contributed by atoms with Gasteiger partial charge in [0.05, 0.1) is 0 Å². The van der Waals surface area contributed by atoms with Gasteiger partial charge in [-0.15, -0.1) is 0 Å². The van der Waals surface area contributed by atoms with Gasteiger partial charge < -0.3 is 0 Å². The zero-order valence-corrected chi connectivity index (χ0v) is 14.6. The van der Waals surface area contributed by atoms with Crippen LogP contribution in [-0.2, 0) is 4.74 Å². The van der Waals surface area contributed by atoms with Gasteiger partial charge in [-0.3, -0.25) is 0 Å². The van der Waals surface area contributed by atoms with Crippen molar-refractivity contribution in [3.05, 3.63) is 18.2 Å². The van der Waals surface area contributed by atoms with Crippen molar-refractivity contribution in [1.29, 1.82) is 0 Å². The van der Waals surface area contributed by atoms with Crippen LogP contribution in [-0.4, -0.2) is 43.1 Å². The monoisotopic (exact) mass is 356 g/mol. The third kappa shape index (κ3) is 4.12. The van der Waals surface area contributed by atoms with Crippen LogP contribution >= 0.6 is 0 Å². The number of nitrogens with one attached hydrogen (secondary N) is 1. The quantitative estimate of drug-likeness (QED) is 0.843. The van der Waals surface area contributed by atoms with Crippen LogP contribution in [0.5, 0.6) is 0 Å². The molecular formula is C14H24N2OSn. The van der Waals surface area contributed by atoms with Crippen molar-refractivity contribution in [2.75, 3.05) is 25.1 Å². The Hall–Kier alpha value is -0.291. The maximum atomic E-state index is 5.38. The van der Waals surface area contributed by atoms with Crippen molar-refractivity contribution in [3.8, 4) is 0 Å². The molecule has 2 rings (SSSR count). The zero-order valence-electron chi connectivity index (χ0n) is 11.7.